The number of nitrogens with one attached hydrogen (secondary N) is 2. The van der Waals surface area contributed by atoms with Crippen molar-refractivity contribution in [2.24, 2.45) is 7.05 Å². The number of urea groups is 1. The molecule has 0 spiro atoms. The topological polar surface area (TPSA) is 133 Å². The maximum absolute atomic E-state index is 12.7. The first-order valence-corrected chi connectivity index (χ1v) is 11.2. The number of carbonyl (C=O) groups excluding carboxylic acids is 3. The Morgan fingerprint density at radius 1 is 1.32 bits per heavy atom. The van der Waals surface area contributed by atoms with E-state index < -0.39 is 38.7 Å². The predicted octanol–water partition coefficient (Wildman–Crippen LogP) is -0.259. The van der Waals surface area contributed by atoms with Gasteiger partial charge in [-0.15, -0.1) is 0 Å². The fourth-order valence-corrected chi connectivity index (χ4v) is 5.05. The van der Waals surface area contributed by atoms with Crippen molar-refractivity contribution < 1.29 is 27.4 Å². The first kappa shape index (κ1) is 21.1. The zero-order valence-electron chi connectivity index (χ0n) is 17.3. The second-order valence-corrected chi connectivity index (χ2v) is 10.0. The Balaban J connectivity index is 1.63. The first-order chi connectivity index (χ1) is 14.5. The van der Waals surface area contributed by atoms with Crippen LogP contribution in [0, 0.1) is 0 Å². The highest BCUT2D eigenvalue weighted by atomic mass is 32.2. The van der Waals surface area contributed by atoms with E-state index in [9.17, 15) is 22.8 Å². The van der Waals surface area contributed by atoms with Crippen LogP contribution < -0.4 is 10.0 Å². The number of nitrogens with zero attached hydrogens (tertiary/aromatic N) is 4. The van der Waals surface area contributed by atoms with Gasteiger partial charge in [0.15, 0.2) is 6.54 Å². The Bertz CT molecular complexity index is 1190. The van der Waals surface area contributed by atoms with Crippen LogP contribution in [-0.2, 0) is 26.7 Å². The van der Waals surface area contributed by atoms with E-state index in [0.29, 0.717) is 5.69 Å². The molecule has 4 rings (SSSR count). The molecule has 0 aromatic carbocycles. The van der Waals surface area contributed by atoms with Gasteiger partial charge in [-0.05, 0) is 31.9 Å². The van der Waals surface area contributed by atoms with Gasteiger partial charge in [-0.25, -0.2) is 17.9 Å². The molecule has 1 atom stereocenters. The fraction of sp³-hybridized carbons (Fsp3) is 0.421. The summed E-state index contributed by atoms with van der Waals surface area (Å²) in [6.07, 6.45) is 8.72. The largest absolute Gasteiger partial charge is 0.501 e. The Morgan fingerprint density at radius 2 is 2.03 bits per heavy atom. The number of hydrogen-bond donors (Lipinski definition) is 2. The van der Waals surface area contributed by atoms with Crippen LogP contribution in [0.3, 0.4) is 0 Å². The fourth-order valence-electron chi connectivity index (χ4n) is 3.43. The van der Waals surface area contributed by atoms with Gasteiger partial charge in [0, 0.05) is 18.8 Å². The predicted molar refractivity (Wildman–Crippen MR) is 111 cm³/mol. The van der Waals surface area contributed by atoms with Gasteiger partial charge < -0.3 is 5.32 Å². The molecule has 1 fully saturated rings. The molecule has 164 valence electrons. The first-order valence-electron chi connectivity index (χ1n) is 9.67. The van der Waals surface area contributed by atoms with E-state index in [1.165, 1.54) is 36.2 Å². The number of sulfonamides is 1. The molecule has 4 amide bonds. The van der Waals surface area contributed by atoms with Crippen molar-refractivity contribution in [3.63, 3.8) is 0 Å². The second-order valence-electron chi connectivity index (χ2n) is 8.18. The van der Waals surface area contributed by atoms with Crippen LogP contribution >= 0.6 is 0 Å². The van der Waals surface area contributed by atoms with E-state index in [2.05, 4.69) is 15.1 Å². The van der Waals surface area contributed by atoms with Crippen LogP contribution in [-0.4, -0.2) is 75.6 Å². The van der Waals surface area contributed by atoms with Gasteiger partial charge >= 0.3 is 11.9 Å². The highest BCUT2D eigenvalue weighted by Crippen LogP contribution is 2.36. The minimum atomic E-state index is -3.75. The Morgan fingerprint density at radius 3 is 2.65 bits per heavy atom. The van der Waals surface area contributed by atoms with E-state index in [1.54, 1.807) is 13.2 Å². The minimum absolute atomic E-state index is 0.0649. The molecule has 1 aromatic heterocycles. The third-order valence-corrected chi connectivity index (χ3v) is 7.22. The molecule has 31 heavy (non-hydrogen) atoms. The number of likely N-dealkylation sites (N-methyl/N-ethyl adjacent to an activating group) is 1. The monoisotopic (exact) mass is 447 g/mol. The van der Waals surface area contributed by atoms with E-state index in [-0.39, 0.29) is 17.8 Å². The number of anilines is 1. The molecular weight excluding hydrogens is 424 g/mol. The summed E-state index contributed by atoms with van der Waals surface area (Å²) in [4.78, 5) is 38.7. The molecule has 2 heterocycles. The van der Waals surface area contributed by atoms with E-state index >= 15 is 0 Å². The SMILES string of the molecule is CN1C(=O)C2=CC(S(=O)(=O)NC3(C)CC3)C=CC2=[N+](CC(=O)Nc2cnn(C)c2)C1=O. The van der Waals surface area contributed by atoms with Crippen LogP contribution in [0.2, 0.25) is 0 Å². The van der Waals surface area contributed by atoms with Gasteiger partial charge in [-0.3, -0.25) is 9.48 Å². The Hall–Kier alpha value is -3.12. The highest BCUT2D eigenvalue weighted by molar-refractivity contribution is 7.90. The zero-order chi connectivity index (χ0) is 22.6. The summed E-state index contributed by atoms with van der Waals surface area (Å²) in [6.45, 7) is 1.47. The molecule has 0 saturated heterocycles. The minimum Gasteiger partial charge on any atom is -0.320 e. The second kappa shape index (κ2) is 7.24. The summed E-state index contributed by atoms with van der Waals surface area (Å²) in [5.41, 5.74) is 0.273. The number of rotatable bonds is 6. The number of carbonyl (C=O) groups is 3. The van der Waals surface area contributed by atoms with Crippen molar-refractivity contribution in [2.45, 2.75) is 30.6 Å². The molecule has 2 aliphatic carbocycles. The van der Waals surface area contributed by atoms with Crippen LogP contribution in [0.5, 0.6) is 0 Å². The standard InChI is InChI=1S/C19H22N6O5S/c1-19(6-7-19)22-31(29,30)13-4-5-15-14(8-13)17(27)24(3)18(28)25(15)11-16(26)21-12-9-20-23(2)10-12/h4-5,8-10,13,22H,6-7,11H2,1-3H3/p+1. The summed E-state index contributed by atoms with van der Waals surface area (Å²) in [5.74, 6) is -1.10. The smallest absolute Gasteiger partial charge is 0.320 e. The number of imide groups is 1. The van der Waals surface area contributed by atoms with Crippen molar-refractivity contribution in [1.29, 1.82) is 0 Å². The molecule has 0 radical (unpaired) electrons. The molecule has 1 saturated carbocycles. The lowest BCUT2D eigenvalue weighted by Crippen LogP contribution is -2.52. The molecule has 12 heteroatoms. The van der Waals surface area contributed by atoms with Gasteiger partial charge in [-0.2, -0.15) is 19.4 Å². The molecule has 1 aliphatic heterocycles. The van der Waals surface area contributed by atoms with Crippen molar-refractivity contribution in [3.8, 4) is 0 Å². The number of aromatic nitrogens is 2. The normalized spacial score (nSPS) is 22.4. The zero-order valence-corrected chi connectivity index (χ0v) is 18.1. The average Bonchev–Trinajstić information content (AvgIpc) is 3.28. The number of aryl methyl sites for hydroxylation is 1. The summed E-state index contributed by atoms with van der Waals surface area (Å²) < 4.78 is 30.8. The van der Waals surface area contributed by atoms with Crippen molar-refractivity contribution in [1.82, 2.24) is 19.4 Å². The van der Waals surface area contributed by atoms with Crippen LogP contribution in [0.4, 0.5) is 10.5 Å². The lowest BCUT2D eigenvalue weighted by molar-refractivity contribution is -0.423. The maximum atomic E-state index is 12.7. The average molecular weight is 447 g/mol. The maximum Gasteiger partial charge on any atom is 0.501 e. The number of fused-ring (bicyclic) bond motifs is 1. The highest BCUT2D eigenvalue weighted by Gasteiger charge is 2.46. The summed E-state index contributed by atoms with van der Waals surface area (Å²) in [6, 6.07) is -0.673. The van der Waals surface area contributed by atoms with E-state index in [4.69, 9.17) is 0 Å². The van der Waals surface area contributed by atoms with Gasteiger partial charge in [-0.1, -0.05) is 6.08 Å². The summed E-state index contributed by atoms with van der Waals surface area (Å²) in [7, 11) is -0.759. The quantitative estimate of drug-likeness (QED) is 0.577. The Labute approximate surface area is 179 Å². The van der Waals surface area contributed by atoms with Crippen molar-refractivity contribution in [3.05, 3.63) is 36.2 Å². The molecular formula is C19H23N6O5S+. The van der Waals surface area contributed by atoms with Gasteiger partial charge in [0.2, 0.25) is 10.0 Å². The third-order valence-electron chi connectivity index (χ3n) is 5.43. The molecule has 2 N–H and O–H groups in total. The summed E-state index contributed by atoms with van der Waals surface area (Å²) in [5, 5.41) is 5.54. The molecule has 1 unspecified atom stereocenters. The summed E-state index contributed by atoms with van der Waals surface area (Å²) >= 11 is 0. The van der Waals surface area contributed by atoms with Crippen LogP contribution in [0.15, 0.2) is 36.2 Å². The van der Waals surface area contributed by atoms with Crippen LogP contribution in [0.1, 0.15) is 19.8 Å². The lowest BCUT2D eigenvalue weighted by Gasteiger charge is -2.24. The molecule has 0 bridgehead atoms. The number of allylic oxidation sites excluding steroid dienone is 1. The van der Waals surface area contributed by atoms with Gasteiger partial charge in [0.25, 0.3) is 5.91 Å². The van der Waals surface area contributed by atoms with Gasteiger partial charge in [0.05, 0.1) is 18.9 Å². The van der Waals surface area contributed by atoms with E-state index in [1.807, 2.05) is 6.92 Å². The van der Waals surface area contributed by atoms with Gasteiger partial charge in [0.1, 0.15) is 16.5 Å². The van der Waals surface area contributed by atoms with Crippen molar-refractivity contribution >= 4 is 39.3 Å². The third kappa shape index (κ3) is 4.08. The Kier molecular flexibility index (Phi) is 4.93. The molecule has 3 aliphatic rings. The van der Waals surface area contributed by atoms with Crippen molar-refractivity contribution in [2.75, 3.05) is 18.9 Å². The molecule has 11 nitrogen and oxygen atoms in total. The van der Waals surface area contributed by atoms with E-state index in [0.717, 1.165) is 22.3 Å². The number of hydrogen-bond acceptors (Lipinski definition) is 6. The van der Waals surface area contributed by atoms with Crippen LogP contribution in [0.25, 0.3) is 0 Å². The molecule has 1 aromatic rings. The number of amides is 4. The lowest BCUT2D eigenvalue weighted by atomic mass is 10.00.